The molecule has 3 heterocycles. The van der Waals surface area contributed by atoms with Crippen LogP contribution < -0.4 is 4.90 Å². The maximum Gasteiger partial charge on any atom is 0.0754 e. The van der Waals surface area contributed by atoms with Crippen LogP contribution in [0.3, 0.4) is 0 Å². The van der Waals surface area contributed by atoms with Crippen LogP contribution in [0.1, 0.15) is 22.3 Å². The lowest BCUT2D eigenvalue weighted by Crippen LogP contribution is -2.33. The molecule has 0 fully saturated rings. The molecule has 3 heteroatoms. The van der Waals surface area contributed by atoms with Gasteiger partial charge < -0.3 is 9.47 Å². The summed E-state index contributed by atoms with van der Waals surface area (Å²) in [6.07, 6.45) is 0. The molecule has 2 nitrogen and oxygen atoms in total. The van der Waals surface area contributed by atoms with Crippen molar-refractivity contribution < 1.29 is 0 Å². The standard InChI is InChI=1S/C61H38N2S/c1-2-16-41(17-3-1)62(54-28-10-5-18-43(54)40-34-37-47-46-20-7-13-31-57(46)64-58(47)38-40)42-35-32-39(33-36-42)44-22-14-26-52-59(44)49-21-4-8-24-50(49)61(52)51-25-9-12-30-56(51)63-55-29-11-6-19-45(55)48-23-15-27-53(61)60(48)63/h1-38H. The number of thiophene rings is 1. The molecule has 1 unspecified atom stereocenters. The van der Waals surface area contributed by atoms with E-state index in [2.05, 4.69) is 240 Å². The van der Waals surface area contributed by atoms with Crippen molar-refractivity contribution in [2.24, 2.45) is 0 Å². The van der Waals surface area contributed by atoms with Gasteiger partial charge in [0, 0.05) is 47.9 Å². The van der Waals surface area contributed by atoms with Crippen LogP contribution >= 0.6 is 11.3 Å². The van der Waals surface area contributed by atoms with Gasteiger partial charge in [-0.2, -0.15) is 0 Å². The number of para-hydroxylation sites is 5. The third-order valence-corrected chi connectivity index (χ3v) is 15.1. The van der Waals surface area contributed by atoms with Crippen LogP contribution in [-0.4, -0.2) is 4.57 Å². The molecule has 2 aromatic heterocycles. The first-order valence-corrected chi connectivity index (χ1v) is 22.9. The van der Waals surface area contributed by atoms with Crippen LogP contribution in [0.2, 0.25) is 0 Å². The molecular formula is C61H38N2S. The predicted octanol–water partition coefficient (Wildman–Crippen LogP) is 16.6. The van der Waals surface area contributed by atoms with E-state index >= 15 is 0 Å². The lowest BCUT2D eigenvalue weighted by atomic mass is 9.65. The van der Waals surface area contributed by atoms with E-state index in [0.717, 1.165) is 17.1 Å². The van der Waals surface area contributed by atoms with Gasteiger partial charge in [-0.1, -0.05) is 176 Å². The Labute approximate surface area is 375 Å². The fraction of sp³-hybridized carbons (Fsp3) is 0.0164. The third-order valence-electron chi connectivity index (χ3n) is 14.0. The Morgan fingerprint density at radius 3 is 1.88 bits per heavy atom. The molecule has 0 bridgehead atoms. The Kier molecular flexibility index (Phi) is 7.51. The first kappa shape index (κ1) is 35.6. The molecule has 64 heavy (non-hydrogen) atoms. The molecule has 0 radical (unpaired) electrons. The zero-order chi connectivity index (χ0) is 41.9. The molecule has 0 saturated carbocycles. The second-order valence-corrected chi connectivity index (χ2v) is 18.2. The topological polar surface area (TPSA) is 8.17 Å². The normalized spacial score (nSPS) is 14.6. The maximum absolute atomic E-state index is 2.52. The van der Waals surface area contributed by atoms with Crippen LogP contribution in [0.5, 0.6) is 0 Å². The quantitative estimate of drug-likeness (QED) is 0.168. The third kappa shape index (κ3) is 4.79. The van der Waals surface area contributed by atoms with Crippen molar-refractivity contribution in [1.82, 2.24) is 4.57 Å². The summed E-state index contributed by atoms with van der Waals surface area (Å²) in [6, 6.07) is 85.7. The molecule has 0 saturated heterocycles. The van der Waals surface area contributed by atoms with E-state index in [1.165, 1.54) is 103 Å². The molecule has 10 aromatic carbocycles. The first-order chi connectivity index (χ1) is 31.8. The molecular weight excluding hydrogens is 793 g/mol. The predicted molar refractivity (Wildman–Crippen MR) is 270 cm³/mol. The largest absolute Gasteiger partial charge is 0.310 e. The molecule has 2 aliphatic rings. The summed E-state index contributed by atoms with van der Waals surface area (Å²) in [5.74, 6) is 0. The van der Waals surface area contributed by atoms with Crippen LogP contribution in [0.25, 0.3) is 81.0 Å². The molecule has 0 N–H and O–H groups in total. The molecule has 14 rings (SSSR count). The summed E-state index contributed by atoms with van der Waals surface area (Å²) < 4.78 is 5.14. The van der Waals surface area contributed by atoms with Crippen LogP contribution in [0.4, 0.5) is 17.1 Å². The highest BCUT2D eigenvalue weighted by Gasteiger charge is 2.51. The van der Waals surface area contributed by atoms with Crippen LogP contribution in [0.15, 0.2) is 231 Å². The average Bonchev–Trinajstić information content (AvgIpc) is 4.01. The Balaban J connectivity index is 0.943. The van der Waals surface area contributed by atoms with Crippen LogP contribution in [-0.2, 0) is 5.41 Å². The van der Waals surface area contributed by atoms with Gasteiger partial charge in [-0.15, -0.1) is 11.3 Å². The number of anilines is 3. The van der Waals surface area contributed by atoms with Gasteiger partial charge in [0.25, 0.3) is 0 Å². The van der Waals surface area contributed by atoms with Gasteiger partial charge in [-0.05, 0) is 105 Å². The van der Waals surface area contributed by atoms with E-state index in [1.54, 1.807) is 0 Å². The average molecular weight is 831 g/mol. The van der Waals surface area contributed by atoms with Crippen molar-refractivity contribution in [3.63, 3.8) is 0 Å². The van der Waals surface area contributed by atoms with E-state index in [0.29, 0.717) is 0 Å². The van der Waals surface area contributed by atoms with Crippen molar-refractivity contribution >= 4 is 70.4 Å². The molecule has 1 spiro atoms. The van der Waals surface area contributed by atoms with Gasteiger partial charge in [0.2, 0.25) is 0 Å². The van der Waals surface area contributed by atoms with E-state index in [4.69, 9.17) is 0 Å². The maximum atomic E-state index is 2.52. The van der Waals surface area contributed by atoms with Gasteiger partial charge in [-0.3, -0.25) is 0 Å². The SMILES string of the molecule is c1ccc(N(c2ccc(-c3cccc4c3-c3ccccc3C43c4ccccc4-n4c5ccccc5c5cccc3c54)cc2)c2ccccc2-c2ccc3c(c2)sc2ccccc23)cc1. The number of hydrogen-bond donors (Lipinski definition) is 0. The fourth-order valence-electron chi connectivity index (χ4n) is 11.5. The Morgan fingerprint density at radius 2 is 0.984 bits per heavy atom. The molecule has 1 atom stereocenters. The minimum Gasteiger partial charge on any atom is -0.310 e. The zero-order valence-corrected chi connectivity index (χ0v) is 35.6. The number of hydrogen-bond acceptors (Lipinski definition) is 2. The van der Waals surface area contributed by atoms with E-state index in [9.17, 15) is 0 Å². The second kappa shape index (κ2) is 13.5. The van der Waals surface area contributed by atoms with Gasteiger partial charge in [0.1, 0.15) is 0 Å². The second-order valence-electron chi connectivity index (χ2n) is 17.1. The summed E-state index contributed by atoms with van der Waals surface area (Å²) in [5.41, 5.74) is 19.4. The number of fused-ring (bicyclic) bond motifs is 15. The van der Waals surface area contributed by atoms with Crippen molar-refractivity contribution in [2.45, 2.75) is 5.41 Å². The molecule has 298 valence electrons. The highest BCUT2D eigenvalue weighted by atomic mass is 32.1. The van der Waals surface area contributed by atoms with Gasteiger partial charge in [0.05, 0.1) is 27.8 Å². The van der Waals surface area contributed by atoms with Gasteiger partial charge in [0.15, 0.2) is 0 Å². The number of rotatable bonds is 5. The summed E-state index contributed by atoms with van der Waals surface area (Å²) >= 11 is 1.87. The van der Waals surface area contributed by atoms with Crippen LogP contribution in [0, 0.1) is 0 Å². The Bertz CT molecular complexity index is 3860. The summed E-state index contributed by atoms with van der Waals surface area (Å²) in [5, 5.41) is 5.22. The summed E-state index contributed by atoms with van der Waals surface area (Å²) in [6.45, 7) is 0. The van der Waals surface area contributed by atoms with Gasteiger partial charge >= 0.3 is 0 Å². The van der Waals surface area contributed by atoms with Gasteiger partial charge in [-0.25, -0.2) is 0 Å². The van der Waals surface area contributed by atoms with E-state index < -0.39 is 5.41 Å². The van der Waals surface area contributed by atoms with E-state index in [1.807, 2.05) is 11.3 Å². The lowest BCUT2D eigenvalue weighted by Gasteiger charge is -2.39. The number of aromatic nitrogens is 1. The zero-order valence-electron chi connectivity index (χ0n) is 34.7. The highest BCUT2D eigenvalue weighted by molar-refractivity contribution is 7.25. The Morgan fingerprint density at radius 1 is 0.375 bits per heavy atom. The van der Waals surface area contributed by atoms with Crippen molar-refractivity contribution in [1.29, 1.82) is 0 Å². The fourth-order valence-corrected chi connectivity index (χ4v) is 12.6. The minimum absolute atomic E-state index is 0.491. The van der Waals surface area contributed by atoms with E-state index in [-0.39, 0.29) is 0 Å². The lowest BCUT2D eigenvalue weighted by molar-refractivity contribution is 0.748. The highest BCUT2D eigenvalue weighted by Crippen LogP contribution is 2.62. The van der Waals surface area contributed by atoms with Crippen molar-refractivity contribution in [3.8, 4) is 39.1 Å². The molecule has 1 aliphatic carbocycles. The van der Waals surface area contributed by atoms with Crippen molar-refractivity contribution in [3.05, 3.63) is 253 Å². The Hall–Kier alpha value is -7.98. The number of nitrogens with zero attached hydrogens (tertiary/aromatic N) is 2. The first-order valence-electron chi connectivity index (χ1n) is 22.1. The molecule has 12 aromatic rings. The molecule has 1 aliphatic heterocycles. The van der Waals surface area contributed by atoms with Crippen molar-refractivity contribution in [2.75, 3.05) is 4.90 Å². The minimum atomic E-state index is -0.491. The smallest absolute Gasteiger partial charge is 0.0754 e. The number of benzene rings is 10. The molecule has 0 amide bonds. The monoisotopic (exact) mass is 830 g/mol. The summed E-state index contributed by atoms with van der Waals surface area (Å²) in [4.78, 5) is 2.41. The summed E-state index contributed by atoms with van der Waals surface area (Å²) in [7, 11) is 0.